The molecule has 107 heavy (non-hydrogen) atoms. The number of hydrogen-bond donors (Lipinski definition) is 5. The van der Waals surface area contributed by atoms with Gasteiger partial charge in [0.1, 0.15) is 68.7 Å². The fourth-order valence-corrected chi connectivity index (χ4v) is 16.4. The van der Waals surface area contributed by atoms with Crippen LogP contribution in [0.15, 0.2) is 209 Å². The van der Waals surface area contributed by atoms with Crippen molar-refractivity contribution in [2.45, 2.75) is 113 Å². The summed E-state index contributed by atoms with van der Waals surface area (Å²) in [5.74, 6) is 3.93. The maximum Gasteiger partial charge on any atom is 0.306 e. The molecule has 3 atom stereocenters. The van der Waals surface area contributed by atoms with E-state index >= 15 is 0 Å². The molecule has 0 saturated heterocycles. The molecular weight excluding hydrogens is 1400 g/mol. The summed E-state index contributed by atoms with van der Waals surface area (Å²) in [4.78, 5) is 56.4. The van der Waals surface area contributed by atoms with Crippen LogP contribution in [0.3, 0.4) is 0 Å². The van der Waals surface area contributed by atoms with Crippen molar-refractivity contribution in [1.29, 1.82) is 0 Å². The number of aromatic nitrogens is 9. The topological polar surface area (TPSA) is 280 Å². The van der Waals surface area contributed by atoms with Gasteiger partial charge in [-0.3, -0.25) is 43.1 Å². The first-order valence-corrected chi connectivity index (χ1v) is 37.3. The molecule has 21 nitrogen and oxygen atoms in total. The number of ether oxygens (including phenoxy) is 1. The predicted molar refractivity (Wildman–Crippen MR) is 424 cm³/mol. The monoisotopic (exact) mass is 1480 g/mol. The Kier molecular flexibility index (Phi) is 21.9. The van der Waals surface area contributed by atoms with E-state index in [-0.39, 0.29) is 36.8 Å². The quantitative estimate of drug-likeness (QED) is 0.0634. The van der Waals surface area contributed by atoms with Crippen molar-refractivity contribution in [1.82, 2.24) is 44.3 Å². The fourth-order valence-electron chi connectivity index (χ4n) is 12.8. The summed E-state index contributed by atoms with van der Waals surface area (Å²) in [5, 5.41) is 54.4. The number of fused-ring (bicyclic) bond motifs is 9. The molecule has 9 heterocycles. The second kappa shape index (κ2) is 32.1. The number of carbonyl (C=O) groups is 3. The van der Waals surface area contributed by atoms with E-state index in [2.05, 4.69) is 119 Å². The lowest BCUT2D eigenvalue weighted by molar-refractivity contribution is -0.137. The molecule has 0 radical (unpaired) electrons. The van der Waals surface area contributed by atoms with Gasteiger partial charge in [-0.05, 0) is 176 Å². The number of para-hydroxylation sites is 3. The number of aromatic hydroxyl groups is 1. The molecule has 0 saturated carbocycles. The molecule has 0 bridgehead atoms. The number of hydrogen-bond acceptors (Lipinski definition) is 18. The zero-order valence-electron chi connectivity index (χ0n) is 60.7. The summed E-state index contributed by atoms with van der Waals surface area (Å²) in [6, 6.07) is 60.0. The van der Waals surface area contributed by atoms with E-state index in [4.69, 9.17) is 25.4 Å². The smallest absolute Gasteiger partial charge is 0.306 e. The van der Waals surface area contributed by atoms with Gasteiger partial charge in [0, 0.05) is 65.1 Å². The second-order valence-corrected chi connectivity index (χ2v) is 29.8. The lowest BCUT2D eigenvalue weighted by Gasteiger charge is -2.13. The van der Waals surface area contributed by atoms with E-state index in [1.807, 2.05) is 188 Å². The average molecular weight is 1480 g/mol. The molecule has 13 aromatic rings. The first-order chi connectivity index (χ1) is 51.7. The molecule has 16 rings (SSSR count). The van der Waals surface area contributed by atoms with Gasteiger partial charge in [0.05, 0.1) is 36.4 Å². The van der Waals surface area contributed by atoms with E-state index in [0.717, 1.165) is 117 Å². The van der Waals surface area contributed by atoms with Crippen LogP contribution in [0.5, 0.6) is 11.5 Å². The third-order valence-corrected chi connectivity index (χ3v) is 22.2. The van der Waals surface area contributed by atoms with Gasteiger partial charge in [0.15, 0.2) is 17.5 Å². The Morgan fingerprint density at radius 1 is 0.430 bits per heavy atom. The number of nitrogens with two attached hydrogens (primary N) is 1. The third-order valence-electron chi connectivity index (χ3n) is 18.6. The van der Waals surface area contributed by atoms with Gasteiger partial charge >= 0.3 is 5.97 Å². The van der Waals surface area contributed by atoms with Crippen LogP contribution in [0.25, 0.3) is 15.0 Å². The zero-order chi connectivity index (χ0) is 75.2. The highest BCUT2D eigenvalue weighted by Crippen LogP contribution is 2.44. The summed E-state index contributed by atoms with van der Waals surface area (Å²) in [7, 11) is 0. The van der Waals surface area contributed by atoms with Crippen LogP contribution in [-0.2, 0) is 21.0 Å². The van der Waals surface area contributed by atoms with Crippen LogP contribution in [0.1, 0.15) is 148 Å². The molecule has 0 fully saturated rings. The van der Waals surface area contributed by atoms with Crippen molar-refractivity contribution in [3.05, 3.63) is 305 Å². The van der Waals surface area contributed by atoms with Gasteiger partial charge in [-0.2, -0.15) is 0 Å². The van der Waals surface area contributed by atoms with Gasteiger partial charge in [-0.1, -0.05) is 115 Å². The van der Waals surface area contributed by atoms with Crippen LogP contribution in [-0.4, -0.2) is 89.4 Å². The van der Waals surface area contributed by atoms with Gasteiger partial charge in [0.25, 0.3) is 0 Å². The Hall–Kier alpha value is -12.1. The largest absolute Gasteiger partial charge is 0.508 e. The highest BCUT2D eigenvalue weighted by Gasteiger charge is 2.36. The molecule has 3 aliphatic rings. The van der Waals surface area contributed by atoms with Gasteiger partial charge < -0.3 is 31.3 Å². The van der Waals surface area contributed by atoms with Crippen molar-refractivity contribution in [2.24, 2.45) is 15.0 Å². The molecule has 2 amide bonds. The number of carbonyl (C=O) groups excluding carboxylic acids is 2. The van der Waals surface area contributed by atoms with Gasteiger partial charge in [0.2, 0.25) is 11.8 Å². The molecular formula is C83H79N15O6S3. The van der Waals surface area contributed by atoms with Crippen molar-refractivity contribution >= 4 is 86.0 Å². The Balaban J connectivity index is 0.000000135. The minimum absolute atomic E-state index is 0.108. The fraction of sp³-hybridized carbons (Fsp3) is 0.205. The van der Waals surface area contributed by atoms with Crippen molar-refractivity contribution in [2.75, 3.05) is 16.4 Å². The molecule has 3 aliphatic heterocycles. The lowest BCUT2D eigenvalue weighted by atomic mass is 9.99. The summed E-state index contributed by atoms with van der Waals surface area (Å²) < 4.78 is 12.0. The molecule has 24 heteroatoms. The van der Waals surface area contributed by atoms with Crippen molar-refractivity contribution < 1.29 is 29.3 Å². The number of carboxylic acids is 1. The SMILES string of the molecule is Cc1ccc(C2=N[C@@H](CC(=O)Nc3ccccc3)c3nnc(C)n3-c3sc(C)c(C)c32)cc1.Cc1sc2c(c1C)C(c1ccc(O)cc1)=N[C@@H](CC(=O)Nc1ccccc1)c1nnc(C)n1-2.Cc1sc2c(c1C)C(c1ccc(OCc3ccccc3)cc1)=N[C@@H](CC(=O)O)c1nnc(C)n1-2.Nc1ccccc1. The summed E-state index contributed by atoms with van der Waals surface area (Å²) in [6.07, 6.45) is 0.143. The Morgan fingerprint density at radius 2 is 0.766 bits per heavy atom. The molecule has 7 aromatic carbocycles. The molecule has 0 spiro atoms. The highest BCUT2D eigenvalue weighted by molar-refractivity contribution is 7.15. The Bertz CT molecular complexity index is 5270. The Labute approximate surface area is 631 Å². The summed E-state index contributed by atoms with van der Waals surface area (Å²) in [5.41, 5.74) is 21.8. The second-order valence-electron chi connectivity index (χ2n) is 26.1. The first-order valence-electron chi connectivity index (χ1n) is 34.8. The van der Waals surface area contributed by atoms with Crippen LogP contribution in [0.4, 0.5) is 17.1 Å². The molecule has 0 unspecified atom stereocenters. The third kappa shape index (κ3) is 16.1. The molecule has 6 aromatic heterocycles. The first kappa shape index (κ1) is 73.2. The number of aliphatic carboxylic acids is 1. The van der Waals surface area contributed by atoms with E-state index in [0.29, 0.717) is 29.9 Å². The number of phenols is 1. The van der Waals surface area contributed by atoms with Gasteiger partial charge in [-0.15, -0.1) is 64.6 Å². The number of thiophene rings is 3. The normalized spacial score (nSPS) is 14.3. The number of nitrogen functional groups attached to an aromatic ring is 1. The summed E-state index contributed by atoms with van der Waals surface area (Å²) in [6.45, 7) is 20.9. The van der Waals surface area contributed by atoms with E-state index in [9.17, 15) is 24.6 Å². The number of benzene rings is 7. The Morgan fingerprint density at radius 3 is 1.12 bits per heavy atom. The lowest BCUT2D eigenvalue weighted by Crippen LogP contribution is -2.17. The minimum atomic E-state index is -0.928. The number of amides is 2. The predicted octanol–water partition coefficient (Wildman–Crippen LogP) is 16.8. The van der Waals surface area contributed by atoms with Crippen molar-refractivity contribution in [3.8, 4) is 26.5 Å². The van der Waals surface area contributed by atoms with E-state index < -0.39 is 24.1 Å². The number of aliphatic imine (C=N–C) groups is 3. The molecule has 6 N–H and O–H groups in total. The van der Waals surface area contributed by atoms with Crippen LogP contribution >= 0.6 is 34.0 Å². The van der Waals surface area contributed by atoms with Crippen LogP contribution < -0.4 is 21.1 Å². The summed E-state index contributed by atoms with van der Waals surface area (Å²) >= 11 is 5.04. The minimum Gasteiger partial charge on any atom is -0.508 e. The number of aryl methyl sites for hydroxylation is 7. The number of phenolic OH excluding ortho intramolecular Hbond substituents is 1. The number of nitrogens with zero attached hydrogens (tertiary/aromatic N) is 12. The van der Waals surface area contributed by atoms with E-state index in [1.165, 1.54) is 25.8 Å². The number of anilines is 3. The molecule has 0 aliphatic carbocycles. The van der Waals surface area contributed by atoms with Crippen LogP contribution in [0.2, 0.25) is 0 Å². The molecule has 540 valence electrons. The van der Waals surface area contributed by atoms with Crippen molar-refractivity contribution in [3.63, 3.8) is 0 Å². The standard InChI is InChI=1S/C26H25N5OS.C26H24N4O3S.C25H23N5O2S.C6H7N/c1-15-10-12-19(13-11-15)24-23-16(2)17(3)33-26(23)31-18(4)29-30-25(31)21(28-24)14-22(32)27-20-8-6-5-7-9-20;1-15-16(2)34-26-23(15)24(27-21(13-22(31)32)25-29-28-17(3)30(25)26)19-9-11-20(12-10-19)33-14-18-7-5-4-6-8-18;1-14-15(2)33-25-22(14)23(17-9-11-19(31)12-10-17)27-20(24-29-28-16(3)30(24)25)13-21(32)26-18-7-5-4-6-8-18;7-6-4-2-1-3-5-6/h5-13,21H,14H2,1-4H3,(H,27,32);4-12,21H,13-14H2,1-3H3,(H,31,32);4-12,20,31H,13H2,1-3H3,(H,26,32);1-5H,7H2/t2*21-;20-;/m000./s1. The maximum absolute atomic E-state index is 13.0. The van der Waals surface area contributed by atoms with Gasteiger partial charge in [-0.25, -0.2) is 0 Å². The zero-order valence-corrected chi connectivity index (χ0v) is 63.2. The average Bonchev–Trinajstić information content (AvgIpc) is 1.61. The van der Waals surface area contributed by atoms with E-state index in [1.54, 1.807) is 46.1 Å². The number of nitrogens with one attached hydrogen (secondary N) is 2. The van der Waals surface area contributed by atoms with Crippen LogP contribution in [0, 0.1) is 69.2 Å². The number of carboxylic acid groups (broad SMARTS) is 1. The highest BCUT2D eigenvalue weighted by atomic mass is 32.1. The maximum atomic E-state index is 13.0. The number of rotatable bonds is 14.